The summed E-state index contributed by atoms with van der Waals surface area (Å²) < 4.78 is 2.63. The number of fused-ring (bicyclic) bond motifs is 14. The van der Waals surface area contributed by atoms with Gasteiger partial charge in [0, 0.05) is 48.7 Å². The van der Waals surface area contributed by atoms with Gasteiger partial charge in [0.05, 0.1) is 11.0 Å². The smallest absolute Gasteiger partial charge is 0.0978 e. The van der Waals surface area contributed by atoms with Crippen molar-refractivity contribution in [1.29, 1.82) is 0 Å². The van der Waals surface area contributed by atoms with Gasteiger partial charge in [-0.3, -0.25) is 9.97 Å². The number of aromatic nitrogens is 2. The van der Waals surface area contributed by atoms with Crippen LogP contribution in [0.2, 0.25) is 0 Å². The zero-order valence-electron chi connectivity index (χ0n) is 17.5. The van der Waals surface area contributed by atoms with Crippen molar-refractivity contribution in [1.82, 2.24) is 9.97 Å². The van der Waals surface area contributed by atoms with E-state index >= 15 is 0 Å². The van der Waals surface area contributed by atoms with Gasteiger partial charge in [0.2, 0.25) is 0 Å². The minimum Gasteiger partial charge on any atom is -0.252 e. The van der Waals surface area contributed by atoms with E-state index in [-0.39, 0.29) is 0 Å². The molecule has 0 bridgehead atoms. The summed E-state index contributed by atoms with van der Waals surface area (Å²) >= 11 is 1.86. The standard InChI is InChI=1S/C30H16N2S/c1-3-10-20-17(7-1)18-8-2-4-11-21(18)28-27(20)23-16-26-22(19-9-5-6-12-25(19)33-26)15-24(23)29-30(28)32-14-13-31-29/h1-16H. The Morgan fingerprint density at radius 2 is 1.03 bits per heavy atom. The maximum Gasteiger partial charge on any atom is 0.0978 e. The summed E-state index contributed by atoms with van der Waals surface area (Å²) in [5.41, 5.74) is 1.94. The predicted molar refractivity (Wildman–Crippen MR) is 142 cm³/mol. The highest BCUT2D eigenvalue weighted by Gasteiger charge is 2.18. The molecule has 8 rings (SSSR count). The van der Waals surface area contributed by atoms with Gasteiger partial charge in [0.25, 0.3) is 0 Å². The molecule has 0 aliphatic rings. The van der Waals surface area contributed by atoms with Crippen molar-refractivity contribution in [2.45, 2.75) is 0 Å². The van der Waals surface area contributed by atoms with Gasteiger partial charge in [-0.05, 0) is 45.1 Å². The van der Waals surface area contributed by atoms with E-state index in [9.17, 15) is 0 Å². The lowest BCUT2D eigenvalue weighted by atomic mass is 9.89. The van der Waals surface area contributed by atoms with Crippen molar-refractivity contribution in [2.24, 2.45) is 0 Å². The van der Waals surface area contributed by atoms with Gasteiger partial charge in [-0.25, -0.2) is 0 Å². The van der Waals surface area contributed by atoms with Crippen molar-refractivity contribution in [3.63, 3.8) is 0 Å². The molecular weight excluding hydrogens is 420 g/mol. The van der Waals surface area contributed by atoms with Gasteiger partial charge in [-0.15, -0.1) is 11.3 Å². The summed E-state index contributed by atoms with van der Waals surface area (Å²) in [4.78, 5) is 9.75. The second-order valence-corrected chi connectivity index (χ2v) is 9.67. The summed E-state index contributed by atoms with van der Waals surface area (Å²) in [5.74, 6) is 0. The van der Waals surface area contributed by atoms with Gasteiger partial charge >= 0.3 is 0 Å². The van der Waals surface area contributed by atoms with E-state index in [4.69, 9.17) is 9.97 Å². The Hall–Kier alpha value is -4.08. The molecule has 152 valence electrons. The molecule has 0 spiro atoms. The molecule has 0 amide bonds. The SMILES string of the molecule is c1ccc2c(c1)sc1cc3c(cc12)c1nccnc1c1c2ccccc2c2ccccc2c31. The highest BCUT2D eigenvalue weighted by Crippen LogP contribution is 2.45. The van der Waals surface area contributed by atoms with Crippen LogP contribution in [0, 0.1) is 0 Å². The molecule has 33 heavy (non-hydrogen) atoms. The Morgan fingerprint density at radius 3 is 1.79 bits per heavy atom. The Kier molecular flexibility index (Phi) is 3.31. The Balaban J connectivity index is 1.78. The van der Waals surface area contributed by atoms with Crippen LogP contribution in [0.25, 0.3) is 74.3 Å². The Morgan fingerprint density at radius 1 is 0.424 bits per heavy atom. The fraction of sp³-hybridized carbons (Fsp3) is 0. The second-order valence-electron chi connectivity index (χ2n) is 8.59. The van der Waals surface area contributed by atoms with E-state index in [2.05, 4.69) is 84.9 Å². The first-order valence-electron chi connectivity index (χ1n) is 11.1. The van der Waals surface area contributed by atoms with Crippen LogP contribution in [0.15, 0.2) is 97.3 Å². The van der Waals surface area contributed by atoms with Gasteiger partial charge in [0.1, 0.15) is 0 Å². The van der Waals surface area contributed by atoms with Crippen LogP contribution < -0.4 is 0 Å². The highest BCUT2D eigenvalue weighted by atomic mass is 32.1. The molecule has 0 aliphatic heterocycles. The van der Waals surface area contributed by atoms with Crippen molar-refractivity contribution < 1.29 is 0 Å². The van der Waals surface area contributed by atoms with Crippen molar-refractivity contribution in [3.05, 3.63) is 97.3 Å². The molecular formula is C30H16N2S. The van der Waals surface area contributed by atoms with E-state index in [1.807, 2.05) is 23.7 Å². The summed E-state index contributed by atoms with van der Waals surface area (Å²) in [5, 5.41) is 12.5. The van der Waals surface area contributed by atoms with Crippen LogP contribution in [0.4, 0.5) is 0 Å². The van der Waals surface area contributed by atoms with Crippen LogP contribution in [-0.2, 0) is 0 Å². The van der Waals surface area contributed by atoms with E-state index < -0.39 is 0 Å². The summed E-state index contributed by atoms with van der Waals surface area (Å²) in [6.07, 6.45) is 3.63. The maximum absolute atomic E-state index is 4.89. The van der Waals surface area contributed by atoms with Crippen LogP contribution in [-0.4, -0.2) is 9.97 Å². The third-order valence-electron chi connectivity index (χ3n) is 6.91. The van der Waals surface area contributed by atoms with E-state index in [1.165, 1.54) is 63.3 Å². The van der Waals surface area contributed by atoms with Crippen LogP contribution >= 0.6 is 11.3 Å². The largest absolute Gasteiger partial charge is 0.252 e. The average Bonchev–Trinajstić information content (AvgIpc) is 3.25. The molecule has 0 radical (unpaired) electrons. The van der Waals surface area contributed by atoms with Gasteiger partial charge in [-0.1, -0.05) is 66.7 Å². The van der Waals surface area contributed by atoms with Gasteiger partial charge in [0.15, 0.2) is 0 Å². The molecule has 0 saturated carbocycles. The third-order valence-corrected chi connectivity index (χ3v) is 8.04. The van der Waals surface area contributed by atoms with Gasteiger partial charge in [-0.2, -0.15) is 0 Å². The molecule has 0 aliphatic carbocycles. The van der Waals surface area contributed by atoms with E-state index in [1.54, 1.807) is 0 Å². The van der Waals surface area contributed by atoms with E-state index in [0.29, 0.717) is 0 Å². The quantitative estimate of drug-likeness (QED) is 0.222. The lowest BCUT2D eigenvalue weighted by Crippen LogP contribution is -1.91. The molecule has 2 heterocycles. The number of hydrogen-bond donors (Lipinski definition) is 0. The first-order valence-corrected chi connectivity index (χ1v) is 11.9. The minimum atomic E-state index is 0.970. The molecule has 0 atom stereocenters. The number of nitrogens with zero attached hydrogens (tertiary/aromatic N) is 2. The molecule has 0 saturated heterocycles. The highest BCUT2D eigenvalue weighted by molar-refractivity contribution is 7.25. The normalized spacial score (nSPS) is 12.2. The molecule has 0 N–H and O–H groups in total. The minimum absolute atomic E-state index is 0.970. The number of hydrogen-bond acceptors (Lipinski definition) is 3. The molecule has 0 fully saturated rings. The zero-order chi connectivity index (χ0) is 21.5. The third kappa shape index (κ3) is 2.22. The second kappa shape index (κ2) is 6.25. The molecule has 0 unspecified atom stereocenters. The summed E-state index contributed by atoms with van der Waals surface area (Å²) in [6, 6.07) is 30.8. The number of benzene rings is 6. The zero-order valence-corrected chi connectivity index (χ0v) is 18.4. The van der Waals surface area contributed by atoms with Crippen LogP contribution in [0.3, 0.4) is 0 Å². The average molecular weight is 437 g/mol. The molecule has 6 aromatic carbocycles. The van der Waals surface area contributed by atoms with Crippen LogP contribution in [0.1, 0.15) is 0 Å². The first-order chi connectivity index (χ1) is 16.4. The number of thiophene rings is 1. The topological polar surface area (TPSA) is 25.8 Å². The lowest BCUT2D eigenvalue weighted by molar-refractivity contribution is 1.31. The first kappa shape index (κ1) is 17.5. The predicted octanol–water partition coefficient (Wildman–Crippen LogP) is 8.61. The Bertz CT molecular complexity index is 2090. The lowest BCUT2D eigenvalue weighted by Gasteiger charge is -2.15. The van der Waals surface area contributed by atoms with Crippen molar-refractivity contribution in [3.8, 4) is 0 Å². The molecule has 2 aromatic heterocycles. The summed E-state index contributed by atoms with van der Waals surface area (Å²) in [7, 11) is 0. The van der Waals surface area contributed by atoms with Crippen LogP contribution in [0.5, 0.6) is 0 Å². The molecule has 3 heteroatoms. The van der Waals surface area contributed by atoms with Gasteiger partial charge < -0.3 is 0 Å². The van der Waals surface area contributed by atoms with E-state index in [0.717, 1.165) is 11.0 Å². The van der Waals surface area contributed by atoms with Crippen molar-refractivity contribution >= 4 is 85.6 Å². The summed E-state index contributed by atoms with van der Waals surface area (Å²) in [6.45, 7) is 0. The monoisotopic (exact) mass is 436 g/mol. The maximum atomic E-state index is 4.89. The fourth-order valence-corrected chi connectivity index (χ4v) is 6.69. The number of rotatable bonds is 0. The van der Waals surface area contributed by atoms with Crippen molar-refractivity contribution in [2.75, 3.05) is 0 Å². The Labute approximate surface area is 192 Å². The molecule has 2 nitrogen and oxygen atoms in total. The fourth-order valence-electron chi connectivity index (χ4n) is 5.56. The molecule has 8 aromatic rings.